The van der Waals surface area contributed by atoms with Gasteiger partial charge in [-0.2, -0.15) is 0 Å². The maximum Gasteiger partial charge on any atom is 0.215 e. The first-order chi connectivity index (χ1) is 11.6. The first-order valence-corrected chi connectivity index (χ1v) is 8.94. The highest BCUT2D eigenvalue weighted by molar-refractivity contribution is 6.31. The summed E-state index contributed by atoms with van der Waals surface area (Å²) in [6.07, 6.45) is 3.90. The van der Waals surface area contributed by atoms with Gasteiger partial charge in [0.1, 0.15) is 5.52 Å². The lowest BCUT2D eigenvalue weighted by atomic mass is 10.1. The van der Waals surface area contributed by atoms with Crippen LogP contribution in [0.25, 0.3) is 11.0 Å². The monoisotopic (exact) mass is 350 g/mol. The second-order valence-corrected chi connectivity index (χ2v) is 6.38. The molecule has 0 spiro atoms. The smallest absolute Gasteiger partial charge is 0.215 e. The quantitative estimate of drug-likeness (QED) is 0.734. The molecule has 5 nitrogen and oxygen atoms in total. The first kappa shape index (κ1) is 18.7. The highest BCUT2D eigenvalue weighted by Gasteiger charge is 2.11. The third-order valence-electron chi connectivity index (χ3n) is 4.20. The molecule has 0 saturated heterocycles. The molecule has 1 atom stereocenters. The second kappa shape index (κ2) is 9.04. The number of fused-ring (bicyclic) bond motifs is 1. The van der Waals surface area contributed by atoms with E-state index < -0.39 is 0 Å². The van der Waals surface area contributed by atoms with Crippen molar-refractivity contribution in [3.8, 4) is 5.88 Å². The Morgan fingerprint density at radius 2 is 2.04 bits per heavy atom. The molecular weight excluding hydrogens is 324 g/mol. The largest absolute Gasteiger partial charge is 0.481 e. The summed E-state index contributed by atoms with van der Waals surface area (Å²) in [5.74, 6) is 0.560. The Labute approximate surface area is 149 Å². The molecule has 0 aromatic carbocycles. The van der Waals surface area contributed by atoms with Gasteiger partial charge in [-0.05, 0) is 45.5 Å². The Morgan fingerprint density at radius 3 is 2.71 bits per heavy atom. The van der Waals surface area contributed by atoms with E-state index >= 15 is 0 Å². The number of methoxy groups -OCH3 is 1. The topological polar surface area (TPSA) is 50.3 Å². The molecule has 0 amide bonds. The van der Waals surface area contributed by atoms with Crippen LogP contribution in [0.4, 0.5) is 5.69 Å². The molecule has 0 aliphatic heterocycles. The van der Waals surface area contributed by atoms with E-state index in [0.29, 0.717) is 16.9 Å². The predicted octanol–water partition coefficient (Wildman–Crippen LogP) is 4.21. The number of ether oxygens (including phenoxy) is 1. The summed E-state index contributed by atoms with van der Waals surface area (Å²) in [7, 11) is 1.61. The van der Waals surface area contributed by atoms with Crippen LogP contribution >= 0.6 is 11.6 Å². The lowest BCUT2D eigenvalue weighted by molar-refractivity contribution is 0.295. The van der Waals surface area contributed by atoms with Crippen LogP contribution in [0.1, 0.15) is 33.6 Å². The average molecular weight is 351 g/mol. The van der Waals surface area contributed by atoms with Gasteiger partial charge < -0.3 is 15.0 Å². The van der Waals surface area contributed by atoms with Gasteiger partial charge in [0, 0.05) is 18.3 Å². The van der Waals surface area contributed by atoms with E-state index in [0.717, 1.165) is 49.2 Å². The van der Waals surface area contributed by atoms with Crippen LogP contribution < -0.4 is 10.1 Å². The number of rotatable bonds is 9. The van der Waals surface area contributed by atoms with Gasteiger partial charge >= 0.3 is 0 Å². The van der Waals surface area contributed by atoms with Gasteiger partial charge in [0.2, 0.25) is 5.88 Å². The number of nitrogens with one attached hydrogen (secondary N) is 1. The fourth-order valence-electron chi connectivity index (χ4n) is 2.78. The molecule has 0 bridgehead atoms. The number of pyridine rings is 2. The van der Waals surface area contributed by atoms with Crippen molar-refractivity contribution in [2.24, 2.45) is 0 Å². The molecule has 2 heterocycles. The normalized spacial score (nSPS) is 12.6. The molecule has 1 unspecified atom stereocenters. The minimum absolute atomic E-state index is 0.341. The van der Waals surface area contributed by atoms with Crippen molar-refractivity contribution in [1.82, 2.24) is 14.9 Å². The molecule has 6 heteroatoms. The molecule has 2 rings (SSSR count). The van der Waals surface area contributed by atoms with Gasteiger partial charge in [0.05, 0.1) is 23.3 Å². The molecule has 0 radical (unpaired) electrons. The Morgan fingerprint density at radius 1 is 1.29 bits per heavy atom. The lowest BCUT2D eigenvalue weighted by Gasteiger charge is -2.20. The summed E-state index contributed by atoms with van der Waals surface area (Å²) in [4.78, 5) is 11.3. The fourth-order valence-corrected chi connectivity index (χ4v) is 2.93. The molecule has 2 aromatic heterocycles. The van der Waals surface area contributed by atoms with Crippen LogP contribution in [0.2, 0.25) is 5.02 Å². The van der Waals surface area contributed by atoms with E-state index in [2.05, 4.69) is 41.0 Å². The van der Waals surface area contributed by atoms with Crippen molar-refractivity contribution >= 4 is 28.3 Å². The molecule has 0 fully saturated rings. The Bertz CT molecular complexity index is 661. The molecule has 0 aliphatic carbocycles. The van der Waals surface area contributed by atoms with Gasteiger partial charge in [-0.15, -0.1) is 0 Å². The van der Waals surface area contributed by atoms with Gasteiger partial charge in [-0.25, -0.2) is 4.98 Å². The van der Waals surface area contributed by atoms with Crippen LogP contribution in [-0.2, 0) is 0 Å². The Balaban J connectivity index is 2.08. The summed E-state index contributed by atoms with van der Waals surface area (Å²) in [5.41, 5.74) is 2.49. The van der Waals surface area contributed by atoms with E-state index in [9.17, 15) is 0 Å². The number of nitrogens with zero attached hydrogens (tertiary/aromatic N) is 3. The van der Waals surface area contributed by atoms with E-state index in [1.807, 2.05) is 12.1 Å². The summed E-state index contributed by atoms with van der Waals surface area (Å²) in [5, 5.41) is 4.12. The van der Waals surface area contributed by atoms with Crippen LogP contribution in [0.15, 0.2) is 18.3 Å². The van der Waals surface area contributed by atoms with Crippen molar-refractivity contribution < 1.29 is 4.74 Å². The Kier molecular flexibility index (Phi) is 7.06. The van der Waals surface area contributed by atoms with Crippen molar-refractivity contribution in [2.75, 3.05) is 32.1 Å². The minimum atomic E-state index is 0.341. The molecule has 0 aliphatic rings. The molecular formula is C18H27ClN4O. The maximum absolute atomic E-state index is 6.03. The van der Waals surface area contributed by atoms with Crippen molar-refractivity contribution in [1.29, 1.82) is 0 Å². The maximum atomic E-state index is 6.03. The minimum Gasteiger partial charge on any atom is -0.481 e. The van der Waals surface area contributed by atoms with Gasteiger partial charge in [0.25, 0.3) is 0 Å². The van der Waals surface area contributed by atoms with Crippen molar-refractivity contribution in [3.05, 3.63) is 23.4 Å². The van der Waals surface area contributed by atoms with E-state index in [4.69, 9.17) is 16.3 Å². The SMILES string of the molecule is CCN(CC)CCCC(C)Nc1cc(OC)nc2cc(Cl)cnc12. The average Bonchev–Trinajstić information content (AvgIpc) is 2.58. The van der Waals surface area contributed by atoms with Gasteiger partial charge in [-0.3, -0.25) is 4.98 Å². The van der Waals surface area contributed by atoms with Crippen molar-refractivity contribution in [2.45, 2.75) is 39.7 Å². The lowest BCUT2D eigenvalue weighted by Crippen LogP contribution is -2.25. The zero-order valence-electron chi connectivity index (χ0n) is 15.0. The van der Waals surface area contributed by atoms with Crippen LogP contribution in [0, 0.1) is 0 Å². The number of halogens is 1. The summed E-state index contributed by atoms with van der Waals surface area (Å²) < 4.78 is 5.30. The highest BCUT2D eigenvalue weighted by atomic mass is 35.5. The fraction of sp³-hybridized carbons (Fsp3) is 0.556. The third kappa shape index (κ3) is 4.95. The summed E-state index contributed by atoms with van der Waals surface area (Å²) >= 11 is 6.03. The van der Waals surface area contributed by atoms with Crippen LogP contribution in [0.3, 0.4) is 0 Å². The molecule has 0 saturated carbocycles. The van der Waals surface area contributed by atoms with E-state index in [1.54, 1.807) is 13.3 Å². The number of hydrogen-bond donors (Lipinski definition) is 1. The van der Waals surface area contributed by atoms with E-state index in [-0.39, 0.29) is 0 Å². The molecule has 1 N–H and O–H groups in total. The standard InChI is InChI=1S/C18H27ClN4O/c1-5-23(6-2)9-7-8-13(3)21-16-11-17(24-4)22-15-10-14(19)12-20-18(15)16/h10-13H,5-9H2,1-4H3,(H,21,22). The highest BCUT2D eigenvalue weighted by Crippen LogP contribution is 2.27. The number of anilines is 1. The first-order valence-electron chi connectivity index (χ1n) is 8.56. The zero-order chi connectivity index (χ0) is 17.5. The van der Waals surface area contributed by atoms with Crippen LogP contribution in [-0.4, -0.2) is 47.7 Å². The summed E-state index contributed by atoms with van der Waals surface area (Å²) in [6.45, 7) is 9.95. The second-order valence-electron chi connectivity index (χ2n) is 5.95. The number of aromatic nitrogens is 2. The van der Waals surface area contributed by atoms with E-state index in [1.165, 1.54) is 0 Å². The third-order valence-corrected chi connectivity index (χ3v) is 4.41. The number of hydrogen-bond acceptors (Lipinski definition) is 5. The van der Waals surface area contributed by atoms with Gasteiger partial charge in [0.15, 0.2) is 0 Å². The summed E-state index contributed by atoms with van der Waals surface area (Å²) in [6, 6.07) is 4.04. The van der Waals surface area contributed by atoms with Crippen LogP contribution in [0.5, 0.6) is 5.88 Å². The zero-order valence-corrected chi connectivity index (χ0v) is 15.7. The Hall–Kier alpha value is -1.59. The molecule has 132 valence electrons. The van der Waals surface area contributed by atoms with Gasteiger partial charge in [-0.1, -0.05) is 25.4 Å². The molecule has 2 aromatic rings. The predicted molar refractivity (Wildman–Crippen MR) is 101 cm³/mol. The molecule has 24 heavy (non-hydrogen) atoms. The van der Waals surface area contributed by atoms with Crippen molar-refractivity contribution in [3.63, 3.8) is 0 Å².